The molecule has 1 heterocycles. The van der Waals surface area contributed by atoms with Crippen molar-refractivity contribution < 1.29 is 63.6 Å². The van der Waals surface area contributed by atoms with Crippen LogP contribution in [0.5, 0.6) is 0 Å². The highest BCUT2D eigenvalue weighted by molar-refractivity contribution is 5.98. The predicted octanol–water partition coefficient (Wildman–Crippen LogP) is -2.85. The van der Waals surface area contributed by atoms with Crippen molar-refractivity contribution in [2.24, 2.45) is 11.8 Å². The first-order valence-corrected chi connectivity index (χ1v) is 15.4. The highest BCUT2D eigenvalue weighted by atomic mass is 16.4. The number of amides is 6. The molecule has 0 aliphatic carbocycles. The van der Waals surface area contributed by atoms with E-state index in [1.54, 1.807) is 27.7 Å². The van der Waals surface area contributed by atoms with Crippen LogP contribution >= 0.6 is 0 Å². The average molecular weight is 687 g/mol. The molecular weight excluding hydrogens is 640 g/mol. The molecule has 0 aromatic carbocycles. The molecule has 19 nitrogen and oxygen atoms in total. The van der Waals surface area contributed by atoms with Crippen molar-refractivity contribution in [2.45, 2.75) is 103 Å². The Bertz CT molecular complexity index is 1230. The predicted molar refractivity (Wildman–Crippen MR) is 164 cm³/mol. The van der Waals surface area contributed by atoms with Crippen LogP contribution in [-0.2, 0) is 43.2 Å². The van der Waals surface area contributed by atoms with Crippen molar-refractivity contribution in [3.05, 3.63) is 0 Å². The highest BCUT2D eigenvalue weighted by Crippen LogP contribution is 2.21. The SMILES string of the molecule is CCC(C)C(NC(=O)C(CC(=O)O)NC(=O)C(CC(=O)O)NC(C)=O)C(=O)NC(C(=O)N1CCCC1C(=O)NC(CO)C(=O)O)C(C)C. The van der Waals surface area contributed by atoms with E-state index in [0.717, 1.165) is 6.92 Å². The largest absolute Gasteiger partial charge is 0.481 e. The zero-order valence-electron chi connectivity index (χ0n) is 27.5. The van der Waals surface area contributed by atoms with Crippen LogP contribution < -0.4 is 26.6 Å². The van der Waals surface area contributed by atoms with E-state index in [0.29, 0.717) is 12.8 Å². The molecule has 19 heteroatoms. The maximum atomic E-state index is 13.7. The summed E-state index contributed by atoms with van der Waals surface area (Å²) in [5, 5.41) is 48.4. The summed E-state index contributed by atoms with van der Waals surface area (Å²) in [4.78, 5) is 113. The van der Waals surface area contributed by atoms with E-state index in [1.165, 1.54) is 4.90 Å². The minimum absolute atomic E-state index is 0.121. The van der Waals surface area contributed by atoms with Gasteiger partial charge < -0.3 is 51.9 Å². The molecule has 7 unspecified atom stereocenters. The number of hydrogen-bond acceptors (Lipinski definition) is 10. The van der Waals surface area contributed by atoms with E-state index < -0.39 is 121 Å². The third kappa shape index (κ3) is 12.4. The fourth-order valence-electron chi connectivity index (χ4n) is 4.93. The van der Waals surface area contributed by atoms with Crippen LogP contribution in [0.4, 0.5) is 0 Å². The van der Waals surface area contributed by atoms with Gasteiger partial charge in [-0.2, -0.15) is 0 Å². The zero-order chi connectivity index (χ0) is 36.9. The lowest BCUT2D eigenvalue weighted by molar-refractivity contribution is -0.146. The molecule has 1 fully saturated rings. The van der Waals surface area contributed by atoms with Crippen molar-refractivity contribution in [3.63, 3.8) is 0 Å². The van der Waals surface area contributed by atoms with Gasteiger partial charge in [0.2, 0.25) is 35.4 Å². The molecule has 6 amide bonds. The number of nitrogens with one attached hydrogen (secondary N) is 5. The Kier molecular flexibility index (Phi) is 16.4. The quantitative estimate of drug-likeness (QED) is 0.0662. The summed E-state index contributed by atoms with van der Waals surface area (Å²) in [7, 11) is 0. The Morgan fingerprint density at radius 2 is 1.25 bits per heavy atom. The van der Waals surface area contributed by atoms with Crippen LogP contribution in [0.1, 0.15) is 66.7 Å². The van der Waals surface area contributed by atoms with Crippen LogP contribution in [0.3, 0.4) is 0 Å². The summed E-state index contributed by atoms with van der Waals surface area (Å²) in [6.45, 7) is 6.82. The molecule has 0 aromatic rings. The second-order valence-electron chi connectivity index (χ2n) is 11.9. The van der Waals surface area contributed by atoms with Gasteiger partial charge in [0, 0.05) is 13.5 Å². The number of aliphatic hydroxyl groups is 1. The van der Waals surface area contributed by atoms with Gasteiger partial charge in [-0.1, -0.05) is 34.1 Å². The second-order valence-corrected chi connectivity index (χ2v) is 11.9. The average Bonchev–Trinajstić information content (AvgIpc) is 3.48. The maximum Gasteiger partial charge on any atom is 0.328 e. The number of nitrogens with zero attached hydrogens (tertiary/aromatic N) is 1. The number of rotatable bonds is 19. The molecular formula is C29H46N6O13. The molecule has 0 radical (unpaired) electrons. The van der Waals surface area contributed by atoms with Crippen molar-refractivity contribution in [3.8, 4) is 0 Å². The van der Waals surface area contributed by atoms with Crippen LogP contribution in [0.25, 0.3) is 0 Å². The molecule has 48 heavy (non-hydrogen) atoms. The maximum absolute atomic E-state index is 13.7. The standard InChI is InChI=1S/C29H46N6O13/c1-6-14(4)23(34-25(43)17(11-21(40)41)31-24(42)16(10-20(38)39)30-15(5)37)27(45)33-22(13(2)3)28(46)35-9-7-8-19(35)26(44)32-18(12-36)29(47)48/h13-14,16-19,22-23,36H,6-12H2,1-5H3,(H,30,37)(H,31,42)(H,32,44)(H,33,45)(H,34,43)(H,38,39)(H,40,41)(H,47,48). The Morgan fingerprint density at radius 3 is 1.71 bits per heavy atom. The number of aliphatic hydroxyl groups excluding tert-OH is 1. The van der Waals surface area contributed by atoms with Crippen LogP contribution in [-0.4, -0.2) is 128 Å². The number of carbonyl (C=O) groups is 9. The summed E-state index contributed by atoms with van der Waals surface area (Å²) in [6, 6.07) is -8.65. The number of carbonyl (C=O) groups excluding carboxylic acids is 6. The second kappa shape index (κ2) is 19.1. The first-order valence-electron chi connectivity index (χ1n) is 15.4. The van der Waals surface area contributed by atoms with Gasteiger partial charge in [0.05, 0.1) is 19.4 Å². The van der Waals surface area contributed by atoms with Crippen molar-refractivity contribution >= 4 is 53.4 Å². The Balaban J connectivity index is 3.23. The fraction of sp³-hybridized carbons (Fsp3) is 0.690. The first-order chi connectivity index (χ1) is 22.3. The van der Waals surface area contributed by atoms with E-state index in [4.69, 9.17) is 10.2 Å². The fourth-order valence-corrected chi connectivity index (χ4v) is 4.93. The van der Waals surface area contributed by atoms with Crippen molar-refractivity contribution in [2.75, 3.05) is 13.2 Å². The first kappa shape index (κ1) is 41.2. The van der Waals surface area contributed by atoms with E-state index in [-0.39, 0.29) is 13.0 Å². The van der Waals surface area contributed by atoms with Gasteiger partial charge in [0.15, 0.2) is 0 Å². The summed E-state index contributed by atoms with van der Waals surface area (Å²) in [5.41, 5.74) is 0. The number of hydrogen-bond donors (Lipinski definition) is 9. The summed E-state index contributed by atoms with van der Waals surface area (Å²) < 4.78 is 0. The van der Waals surface area contributed by atoms with Gasteiger partial charge in [-0.25, -0.2) is 4.79 Å². The van der Waals surface area contributed by atoms with Gasteiger partial charge in [-0.3, -0.25) is 38.4 Å². The molecule has 0 spiro atoms. The van der Waals surface area contributed by atoms with Crippen LogP contribution in [0.2, 0.25) is 0 Å². The molecule has 7 atom stereocenters. The van der Waals surface area contributed by atoms with Gasteiger partial charge in [-0.05, 0) is 24.7 Å². The Hall–Kier alpha value is -4.81. The van der Waals surface area contributed by atoms with Gasteiger partial charge >= 0.3 is 17.9 Å². The molecule has 1 rings (SSSR count). The normalized spacial score (nSPS) is 17.9. The lowest BCUT2D eigenvalue weighted by atomic mass is 9.95. The molecule has 0 saturated carbocycles. The van der Waals surface area contributed by atoms with E-state index in [1.807, 2.05) is 0 Å². The number of carboxylic acids is 3. The molecule has 1 aliphatic heterocycles. The molecule has 0 aromatic heterocycles. The highest BCUT2D eigenvalue weighted by Gasteiger charge is 2.41. The van der Waals surface area contributed by atoms with Gasteiger partial charge in [0.25, 0.3) is 0 Å². The monoisotopic (exact) mass is 686 g/mol. The molecule has 270 valence electrons. The van der Waals surface area contributed by atoms with E-state index in [9.17, 15) is 53.4 Å². The minimum atomic E-state index is -1.79. The van der Waals surface area contributed by atoms with E-state index in [2.05, 4.69) is 26.6 Å². The number of carboxylic acid groups (broad SMARTS) is 3. The summed E-state index contributed by atoms with van der Waals surface area (Å²) >= 11 is 0. The van der Waals surface area contributed by atoms with Gasteiger partial charge in [0.1, 0.15) is 36.3 Å². The van der Waals surface area contributed by atoms with Crippen molar-refractivity contribution in [1.82, 2.24) is 31.5 Å². The third-order valence-corrected chi connectivity index (χ3v) is 7.74. The Morgan fingerprint density at radius 1 is 0.729 bits per heavy atom. The summed E-state index contributed by atoms with van der Waals surface area (Å²) in [6.07, 6.45) is -0.905. The molecule has 1 aliphatic rings. The van der Waals surface area contributed by atoms with Gasteiger partial charge in [-0.15, -0.1) is 0 Å². The Labute approximate surface area is 276 Å². The lowest BCUT2D eigenvalue weighted by Gasteiger charge is -2.33. The lowest BCUT2D eigenvalue weighted by Crippen LogP contribution is -2.61. The topological polar surface area (TPSA) is 298 Å². The zero-order valence-corrected chi connectivity index (χ0v) is 27.5. The molecule has 0 bridgehead atoms. The molecule has 9 N–H and O–H groups in total. The van der Waals surface area contributed by atoms with Crippen LogP contribution in [0, 0.1) is 11.8 Å². The number of likely N-dealkylation sites (tertiary alicyclic amines) is 1. The third-order valence-electron chi connectivity index (χ3n) is 7.74. The minimum Gasteiger partial charge on any atom is -0.481 e. The molecule has 1 saturated heterocycles. The van der Waals surface area contributed by atoms with Crippen molar-refractivity contribution in [1.29, 1.82) is 0 Å². The summed E-state index contributed by atoms with van der Waals surface area (Å²) in [5.74, 6) is -10.9. The van der Waals surface area contributed by atoms with E-state index >= 15 is 0 Å². The van der Waals surface area contributed by atoms with Crippen LogP contribution in [0.15, 0.2) is 0 Å². The smallest absolute Gasteiger partial charge is 0.328 e. The number of aliphatic carboxylic acids is 3.